The molecule has 3 aromatic rings. The lowest BCUT2D eigenvalue weighted by molar-refractivity contribution is -0.130. The summed E-state index contributed by atoms with van der Waals surface area (Å²) in [7, 11) is 2.08. The van der Waals surface area contributed by atoms with Gasteiger partial charge in [-0.1, -0.05) is 79.7 Å². The van der Waals surface area contributed by atoms with Gasteiger partial charge in [-0.2, -0.15) is 0 Å². The van der Waals surface area contributed by atoms with E-state index in [1.54, 1.807) is 6.92 Å². The van der Waals surface area contributed by atoms with Gasteiger partial charge in [0.25, 0.3) is 0 Å². The molecule has 42 heavy (non-hydrogen) atoms. The first-order valence-electron chi connectivity index (χ1n) is 14.7. The number of rotatable bonds is 13. The van der Waals surface area contributed by atoms with Crippen molar-refractivity contribution in [3.05, 3.63) is 102 Å². The van der Waals surface area contributed by atoms with E-state index >= 15 is 0 Å². The van der Waals surface area contributed by atoms with Gasteiger partial charge in [-0.15, -0.1) is 0 Å². The van der Waals surface area contributed by atoms with Gasteiger partial charge in [-0.05, 0) is 61.7 Å². The van der Waals surface area contributed by atoms with Crippen LogP contribution in [0.5, 0.6) is 5.75 Å². The second-order valence-corrected chi connectivity index (χ2v) is 11.2. The van der Waals surface area contributed by atoms with Crippen molar-refractivity contribution in [2.45, 2.75) is 63.8 Å². The quantitative estimate of drug-likeness (QED) is 0.286. The van der Waals surface area contributed by atoms with Gasteiger partial charge in [0.1, 0.15) is 18.4 Å². The first kappa shape index (κ1) is 30.8. The van der Waals surface area contributed by atoms with Crippen LogP contribution in [0.1, 0.15) is 55.3 Å². The van der Waals surface area contributed by atoms with Crippen LogP contribution in [0.4, 0.5) is 0 Å². The summed E-state index contributed by atoms with van der Waals surface area (Å²) in [5.74, 6) is -0.650. The third-order valence-corrected chi connectivity index (χ3v) is 7.90. The van der Waals surface area contributed by atoms with Crippen molar-refractivity contribution in [1.29, 1.82) is 0 Å². The van der Waals surface area contributed by atoms with Crippen molar-refractivity contribution >= 4 is 17.7 Å². The number of amides is 3. The molecule has 1 aliphatic heterocycles. The number of hydrogen-bond acceptors (Lipinski definition) is 5. The molecule has 0 aliphatic carbocycles. The second kappa shape index (κ2) is 15.2. The maximum atomic E-state index is 13.8. The Bertz CT molecular complexity index is 1300. The van der Waals surface area contributed by atoms with Crippen LogP contribution in [0.15, 0.2) is 84.9 Å². The van der Waals surface area contributed by atoms with Crippen LogP contribution in [0.3, 0.4) is 0 Å². The number of likely N-dealkylation sites (tertiary alicyclic amines) is 1. The molecule has 8 nitrogen and oxygen atoms in total. The normalized spacial score (nSPS) is 18.4. The molecular weight excluding hydrogens is 528 g/mol. The number of primary amides is 1. The SMILES string of the molecule is CC(CCC(=O)NC(Cc1ccc(OCc2ccccc2)cc1)C(=O)NC1CCCN(C)C1c1ccccc1)C(N)=O. The average molecular weight is 571 g/mol. The highest BCUT2D eigenvalue weighted by atomic mass is 16.5. The van der Waals surface area contributed by atoms with Crippen LogP contribution < -0.4 is 21.1 Å². The van der Waals surface area contributed by atoms with Crippen LogP contribution >= 0.6 is 0 Å². The Labute approximate surface area is 248 Å². The summed E-state index contributed by atoms with van der Waals surface area (Å²) >= 11 is 0. The predicted octanol–water partition coefficient (Wildman–Crippen LogP) is 4.15. The molecule has 0 spiro atoms. The Kier molecular flexibility index (Phi) is 11.1. The minimum Gasteiger partial charge on any atom is -0.489 e. The van der Waals surface area contributed by atoms with Crippen LogP contribution in [0.25, 0.3) is 0 Å². The summed E-state index contributed by atoms with van der Waals surface area (Å²) in [6.07, 6.45) is 2.57. The van der Waals surface area contributed by atoms with E-state index in [9.17, 15) is 14.4 Å². The minimum absolute atomic E-state index is 0.0396. The molecule has 1 saturated heterocycles. The largest absolute Gasteiger partial charge is 0.489 e. The summed E-state index contributed by atoms with van der Waals surface area (Å²) < 4.78 is 5.91. The fourth-order valence-electron chi connectivity index (χ4n) is 5.40. The van der Waals surface area contributed by atoms with Gasteiger partial charge in [0.05, 0.1) is 6.04 Å². The van der Waals surface area contributed by atoms with Gasteiger partial charge in [-0.3, -0.25) is 19.3 Å². The lowest BCUT2D eigenvalue weighted by atomic mass is 9.90. The van der Waals surface area contributed by atoms with E-state index in [1.165, 1.54) is 0 Å². The second-order valence-electron chi connectivity index (χ2n) is 11.2. The number of nitrogens with zero attached hydrogens (tertiary/aromatic N) is 1. The lowest BCUT2D eigenvalue weighted by Crippen LogP contribution is -2.55. The summed E-state index contributed by atoms with van der Waals surface area (Å²) in [6, 6.07) is 26.9. The number of likely N-dealkylation sites (N-methyl/N-ethyl adjacent to an activating group) is 1. The van der Waals surface area contributed by atoms with Crippen molar-refractivity contribution in [3.8, 4) is 5.75 Å². The van der Waals surface area contributed by atoms with Gasteiger partial charge >= 0.3 is 0 Å². The van der Waals surface area contributed by atoms with E-state index in [4.69, 9.17) is 10.5 Å². The molecule has 0 aromatic heterocycles. The van der Waals surface area contributed by atoms with E-state index < -0.39 is 17.9 Å². The van der Waals surface area contributed by atoms with E-state index in [-0.39, 0.29) is 30.3 Å². The molecule has 1 aliphatic rings. The molecule has 8 heteroatoms. The number of carbonyl (C=O) groups excluding carboxylic acids is 3. The minimum atomic E-state index is -0.777. The average Bonchev–Trinajstić information content (AvgIpc) is 3.00. The molecule has 0 radical (unpaired) electrons. The molecule has 4 atom stereocenters. The third-order valence-electron chi connectivity index (χ3n) is 7.90. The van der Waals surface area contributed by atoms with Crippen LogP contribution in [0.2, 0.25) is 0 Å². The first-order chi connectivity index (χ1) is 20.3. The standard InChI is InChI=1S/C34H42N4O4/c1-24(33(35)40)15-20-31(39)36-30(22-25-16-18-28(19-17-25)42-23-26-10-5-3-6-11-26)34(41)37-29-14-9-21-38(2)32(29)27-12-7-4-8-13-27/h3-8,10-13,16-19,24,29-30,32H,9,14-15,20-23H2,1-2H3,(H2,35,40)(H,36,39)(H,37,41). The van der Waals surface area contributed by atoms with E-state index in [1.807, 2.05) is 72.8 Å². The van der Waals surface area contributed by atoms with Crippen LogP contribution in [-0.4, -0.2) is 48.3 Å². The molecule has 4 N–H and O–H groups in total. The van der Waals surface area contributed by atoms with Crippen molar-refractivity contribution in [3.63, 3.8) is 0 Å². The Morgan fingerprint density at radius 3 is 2.29 bits per heavy atom. The molecule has 3 amide bonds. The van der Waals surface area contributed by atoms with Crippen molar-refractivity contribution < 1.29 is 19.1 Å². The molecule has 4 rings (SSSR count). The Balaban J connectivity index is 1.45. The summed E-state index contributed by atoms with van der Waals surface area (Å²) in [6.45, 7) is 3.11. The van der Waals surface area contributed by atoms with Crippen molar-refractivity contribution in [1.82, 2.24) is 15.5 Å². The zero-order valence-electron chi connectivity index (χ0n) is 24.5. The zero-order chi connectivity index (χ0) is 29.9. The highest BCUT2D eigenvalue weighted by molar-refractivity contribution is 5.88. The Morgan fingerprint density at radius 1 is 0.952 bits per heavy atom. The smallest absolute Gasteiger partial charge is 0.243 e. The highest BCUT2D eigenvalue weighted by Gasteiger charge is 2.33. The molecule has 1 fully saturated rings. The van der Waals surface area contributed by atoms with E-state index in [0.717, 1.165) is 41.8 Å². The molecule has 0 bridgehead atoms. The number of piperidine rings is 1. The van der Waals surface area contributed by atoms with Crippen LogP contribution in [0, 0.1) is 5.92 Å². The van der Waals surface area contributed by atoms with Gasteiger partial charge in [-0.25, -0.2) is 0 Å². The first-order valence-corrected chi connectivity index (χ1v) is 14.7. The summed E-state index contributed by atoms with van der Waals surface area (Å²) in [5, 5.41) is 6.19. The fraction of sp³-hybridized carbons (Fsp3) is 0.382. The Hall–Kier alpha value is -4.17. The van der Waals surface area contributed by atoms with Gasteiger partial charge < -0.3 is 21.1 Å². The fourth-order valence-corrected chi connectivity index (χ4v) is 5.40. The molecular formula is C34H42N4O4. The van der Waals surface area contributed by atoms with E-state index in [0.29, 0.717) is 19.4 Å². The number of nitrogens with one attached hydrogen (secondary N) is 2. The zero-order valence-corrected chi connectivity index (χ0v) is 24.5. The Morgan fingerprint density at radius 2 is 1.62 bits per heavy atom. The number of carbonyl (C=O) groups is 3. The van der Waals surface area contributed by atoms with Gasteiger partial charge in [0.2, 0.25) is 17.7 Å². The highest BCUT2D eigenvalue weighted by Crippen LogP contribution is 2.30. The lowest BCUT2D eigenvalue weighted by Gasteiger charge is -2.40. The molecule has 0 saturated carbocycles. The van der Waals surface area contributed by atoms with Crippen LogP contribution in [-0.2, 0) is 27.4 Å². The summed E-state index contributed by atoms with van der Waals surface area (Å²) in [5.41, 5.74) is 8.49. The monoisotopic (exact) mass is 570 g/mol. The van der Waals surface area contributed by atoms with E-state index in [2.05, 4.69) is 34.7 Å². The van der Waals surface area contributed by atoms with Gasteiger partial charge in [0, 0.05) is 24.8 Å². The summed E-state index contributed by atoms with van der Waals surface area (Å²) in [4.78, 5) is 40.4. The number of nitrogens with two attached hydrogens (primary N) is 1. The topological polar surface area (TPSA) is 114 Å². The van der Waals surface area contributed by atoms with Crippen molar-refractivity contribution in [2.24, 2.45) is 11.7 Å². The predicted molar refractivity (Wildman–Crippen MR) is 163 cm³/mol. The molecule has 222 valence electrons. The molecule has 1 heterocycles. The molecule has 3 aromatic carbocycles. The number of benzene rings is 3. The molecule has 4 unspecified atom stereocenters. The van der Waals surface area contributed by atoms with Gasteiger partial charge in [0.15, 0.2) is 0 Å². The van der Waals surface area contributed by atoms with Crippen molar-refractivity contribution in [2.75, 3.05) is 13.6 Å². The maximum absolute atomic E-state index is 13.8. The third kappa shape index (κ3) is 8.91. The number of ether oxygens (including phenoxy) is 1. The number of hydrogen-bond donors (Lipinski definition) is 3. The maximum Gasteiger partial charge on any atom is 0.243 e.